The van der Waals surface area contributed by atoms with Crippen LogP contribution in [0.25, 0.3) is 0 Å². The summed E-state index contributed by atoms with van der Waals surface area (Å²) in [7, 11) is 3.30. The fourth-order valence-electron chi connectivity index (χ4n) is 3.11. The highest BCUT2D eigenvalue weighted by molar-refractivity contribution is 5.44. The average molecular weight is 323 g/mol. The minimum absolute atomic E-state index is 0.143. The van der Waals surface area contributed by atoms with E-state index in [0.717, 1.165) is 30.9 Å². The molecular weight excluding hydrogens is 294 g/mol. The molecule has 1 aliphatic rings. The molecular formula is C18H29NO4. The minimum atomic E-state index is -0.460. The van der Waals surface area contributed by atoms with Gasteiger partial charge in [-0.3, -0.25) is 4.90 Å². The van der Waals surface area contributed by atoms with Crippen LogP contribution >= 0.6 is 0 Å². The van der Waals surface area contributed by atoms with Gasteiger partial charge in [0.2, 0.25) is 0 Å². The average Bonchev–Trinajstić information content (AvgIpc) is 3.00. The second-order valence-corrected chi connectivity index (χ2v) is 6.30. The van der Waals surface area contributed by atoms with Gasteiger partial charge in [0.1, 0.15) is 0 Å². The van der Waals surface area contributed by atoms with Crippen molar-refractivity contribution in [1.29, 1.82) is 0 Å². The maximum absolute atomic E-state index is 10.2. The van der Waals surface area contributed by atoms with E-state index in [1.165, 1.54) is 5.56 Å². The van der Waals surface area contributed by atoms with Crippen molar-refractivity contribution < 1.29 is 19.3 Å². The molecule has 2 atom stereocenters. The van der Waals surface area contributed by atoms with Gasteiger partial charge in [-0.2, -0.15) is 0 Å². The molecule has 0 saturated carbocycles. The Morgan fingerprint density at radius 3 is 2.61 bits per heavy atom. The third-order valence-electron chi connectivity index (χ3n) is 4.22. The standard InChI is InChI=1S/C18H29NO4/c1-13(2)23-12-15(20)11-19-9-5-6-16(19)14-7-8-17(21-3)18(10-14)22-4/h7-8,10,13,15-16,20H,5-6,9,11-12H2,1-4H3. The molecule has 1 fully saturated rings. The van der Waals surface area contributed by atoms with Gasteiger partial charge in [-0.05, 0) is 50.9 Å². The lowest BCUT2D eigenvalue weighted by atomic mass is 10.0. The minimum Gasteiger partial charge on any atom is -0.493 e. The number of benzene rings is 1. The first-order valence-electron chi connectivity index (χ1n) is 8.30. The summed E-state index contributed by atoms with van der Waals surface area (Å²) in [5.74, 6) is 1.49. The van der Waals surface area contributed by atoms with E-state index in [9.17, 15) is 5.11 Å². The summed E-state index contributed by atoms with van der Waals surface area (Å²) < 4.78 is 16.2. The van der Waals surface area contributed by atoms with E-state index < -0.39 is 6.10 Å². The Hall–Kier alpha value is -1.30. The van der Waals surface area contributed by atoms with E-state index in [0.29, 0.717) is 19.2 Å². The van der Waals surface area contributed by atoms with Crippen LogP contribution in [0, 0.1) is 0 Å². The Labute approximate surface area is 139 Å². The number of likely N-dealkylation sites (tertiary alicyclic amines) is 1. The monoisotopic (exact) mass is 323 g/mol. The maximum atomic E-state index is 10.2. The molecule has 0 radical (unpaired) electrons. The molecule has 0 bridgehead atoms. The molecule has 1 aromatic carbocycles. The lowest BCUT2D eigenvalue weighted by Crippen LogP contribution is -2.35. The summed E-state index contributed by atoms with van der Waals surface area (Å²) in [6.07, 6.45) is 1.91. The van der Waals surface area contributed by atoms with Crippen LogP contribution in [-0.4, -0.2) is 56.1 Å². The van der Waals surface area contributed by atoms with E-state index in [1.807, 2.05) is 26.0 Å². The normalized spacial score (nSPS) is 20.0. The van der Waals surface area contributed by atoms with Crippen molar-refractivity contribution in [1.82, 2.24) is 4.90 Å². The van der Waals surface area contributed by atoms with Gasteiger partial charge in [0.15, 0.2) is 11.5 Å². The molecule has 5 heteroatoms. The number of nitrogens with zero attached hydrogens (tertiary/aromatic N) is 1. The summed E-state index contributed by atoms with van der Waals surface area (Å²) in [5, 5.41) is 10.2. The molecule has 1 aromatic rings. The molecule has 1 saturated heterocycles. The number of ether oxygens (including phenoxy) is 3. The quantitative estimate of drug-likeness (QED) is 0.797. The van der Waals surface area contributed by atoms with E-state index in [2.05, 4.69) is 11.0 Å². The molecule has 0 spiro atoms. The second-order valence-electron chi connectivity index (χ2n) is 6.30. The van der Waals surface area contributed by atoms with Crippen LogP contribution in [0.15, 0.2) is 18.2 Å². The van der Waals surface area contributed by atoms with Crippen molar-refractivity contribution in [3.05, 3.63) is 23.8 Å². The Morgan fingerprint density at radius 2 is 1.96 bits per heavy atom. The van der Waals surface area contributed by atoms with Gasteiger partial charge < -0.3 is 19.3 Å². The first-order valence-corrected chi connectivity index (χ1v) is 8.30. The molecule has 1 aliphatic heterocycles. The summed E-state index contributed by atoms with van der Waals surface area (Å²) in [4.78, 5) is 2.33. The van der Waals surface area contributed by atoms with Crippen LogP contribution in [-0.2, 0) is 4.74 Å². The molecule has 2 unspecified atom stereocenters. The predicted molar refractivity (Wildman–Crippen MR) is 90.2 cm³/mol. The SMILES string of the molecule is COc1ccc(C2CCCN2CC(O)COC(C)C)cc1OC. The highest BCUT2D eigenvalue weighted by atomic mass is 16.5. The fraction of sp³-hybridized carbons (Fsp3) is 0.667. The van der Waals surface area contributed by atoms with Crippen LogP contribution in [0.2, 0.25) is 0 Å². The zero-order chi connectivity index (χ0) is 16.8. The Balaban J connectivity index is 2.03. The highest BCUT2D eigenvalue weighted by Crippen LogP contribution is 2.36. The number of hydrogen-bond acceptors (Lipinski definition) is 5. The van der Waals surface area contributed by atoms with Crippen LogP contribution in [0.5, 0.6) is 11.5 Å². The molecule has 0 aromatic heterocycles. The van der Waals surface area contributed by atoms with Gasteiger partial charge in [0, 0.05) is 12.6 Å². The number of aliphatic hydroxyl groups excluding tert-OH is 1. The number of hydrogen-bond donors (Lipinski definition) is 1. The Kier molecular flexibility index (Phi) is 6.69. The molecule has 0 amide bonds. The first-order chi connectivity index (χ1) is 11.0. The smallest absolute Gasteiger partial charge is 0.161 e. The summed E-state index contributed by atoms with van der Waals surface area (Å²) in [6.45, 7) is 5.97. The third-order valence-corrected chi connectivity index (χ3v) is 4.22. The maximum Gasteiger partial charge on any atom is 0.161 e. The molecule has 0 aliphatic carbocycles. The second kappa shape index (κ2) is 8.52. The molecule has 130 valence electrons. The van der Waals surface area contributed by atoms with Gasteiger partial charge in [-0.25, -0.2) is 0 Å². The van der Waals surface area contributed by atoms with E-state index in [1.54, 1.807) is 14.2 Å². The predicted octanol–water partition coefficient (Wildman–Crippen LogP) is 2.63. The first kappa shape index (κ1) is 18.0. The van der Waals surface area contributed by atoms with Crippen LogP contribution in [0.3, 0.4) is 0 Å². The molecule has 23 heavy (non-hydrogen) atoms. The lowest BCUT2D eigenvalue weighted by Gasteiger charge is -2.27. The fourth-order valence-corrected chi connectivity index (χ4v) is 3.11. The molecule has 5 nitrogen and oxygen atoms in total. The number of aliphatic hydroxyl groups is 1. The largest absolute Gasteiger partial charge is 0.493 e. The van der Waals surface area contributed by atoms with Crippen molar-refractivity contribution in [2.45, 2.75) is 44.9 Å². The Bertz CT molecular complexity index is 492. The lowest BCUT2D eigenvalue weighted by molar-refractivity contribution is -0.0101. The van der Waals surface area contributed by atoms with Crippen LogP contribution in [0.1, 0.15) is 38.3 Å². The van der Waals surface area contributed by atoms with Crippen LogP contribution in [0.4, 0.5) is 0 Å². The zero-order valence-corrected chi connectivity index (χ0v) is 14.6. The number of rotatable bonds is 8. The number of β-amino-alcohol motifs (C(OH)–C–C–N with tert-alkyl or cyclic N) is 1. The molecule has 2 rings (SSSR count). The number of methoxy groups -OCH3 is 2. The van der Waals surface area contributed by atoms with Gasteiger partial charge in [0.05, 0.1) is 33.0 Å². The Morgan fingerprint density at radius 1 is 1.22 bits per heavy atom. The van der Waals surface area contributed by atoms with Crippen molar-refractivity contribution in [2.75, 3.05) is 33.9 Å². The summed E-state index contributed by atoms with van der Waals surface area (Å²) in [6, 6.07) is 6.38. The van der Waals surface area contributed by atoms with Crippen molar-refractivity contribution >= 4 is 0 Å². The van der Waals surface area contributed by atoms with Crippen molar-refractivity contribution in [3.8, 4) is 11.5 Å². The zero-order valence-electron chi connectivity index (χ0n) is 14.6. The summed E-state index contributed by atoms with van der Waals surface area (Å²) in [5.41, 5.74) is 1.21. The third kappa shape index (κ3) is 4.83. The van der Waals surface area contributed by atoms with Gasteiger partial charge in [-0.15, -0.1) is 0 Å². The van der Waals surface area contributed by atoms with E-state index >= 15 is 0 Å². The summed E-state index contributed by atoms with van der Waals surface area (Å²) >= 11 is 0. The van der Waals surface area contributed by atoms with E-state index in [-0.39, 0.29) is 6.10 Å². The van der Waals surface area contributed by atoms with Gasteiger partial charge in [-0.1, -0.05) is 6.07 Å². The topological polar surface area (TPSA) is 51.2 Å². The molecule has 1 N–H and O–H groups in total. The van der Waals surface area contributed by atoms with Crippen molar-refractivity contribution in [2.24, 2.45) is 0 Å². The van der Waals surface area contributed by atoms with Crippen LogP contribution < -0.4 is 9.47 Å². The van der Waals surface area contributed by atoms with Gasteiger partial charge in [0.25, 0.3) is 0 Å². The van der Waals surface area contributed by atoms with E-state index in [4.69, 9.17) is 14.2 Å². The highest BCUT2D eigenvalue weighted by Gasteiger charge is 2.28. The molecule has 1 heterocycles. The van der Waals surface area contributed by atoms with Crippen molar-refractivity contribution in [3.63, 3.8) is 0 Å². The van der Waals surface area contributed by atoms with Gasteiger partial charge >= 0.3 is 0 Å².